The summed E-state index contributed by atoms with van der Waals surface area (Å²) in [4.78, 5) is 31.3. The molecule has 0 aliphatic carbocycles. The Labute approximate surface area is 226 Å². The number of morpholine rings is 1. The van der Waals surface area contributed by atoms with E-state index in [-0.39, 0.29) is 33.8 Å². The molecule has 0 saturated carbocycles. The van der Waals surface area contributed by atoms with Gasteiger partial charge in [-0.25, -0.2) is 8.42 Å². The third-order valence-corrected chi connectivity index (χ3v) is 8.24. The number of aryl methyl sites for hydroxylation is 1. The van der Waals surface area contributed by atoms with Gasteiger partial charge in [0, 0.05) is 25.1 Å². The number of ether oxygens (including phenoxy) is 3. The fourth-order valence-electron chi connectivity index (χ4n) is 4.40. The van der Waals surface area contributed by atoms with Gasteiger partial charge >= 0.3 is 0 Å². The molecule has 1 saturated heterocycles. The molecule has 4 rings (SSSR count). The van der Waals surface area contributed by atoms with Gasteiger partial charge in [-0.05, 0) is 42.8 Å². The van der Waals surface area contributed by atoms with Crippen molar-refractivity contribution in [2.24, 2.45) is 0 Å². The molecule has 1 aliphatic heterocycles. The van der Waals surface area contributed by atoms with E-state index < -0.39 is 26.2 Å². The van der Waals surface area contributed by atoms with Crippen molar-refractivity contribution in [3.05, 3.63) is 64.2 Å². The molecule has 1 aromatic heterocycles. The van der Waals surface area contributed by atoms with E-state index in [4.69, 9.17) is 14.2 Å². The number of unbranched alkanes of at least 4 members (excludes halogenated alkanes) is 1. The quantitative estimate of drug-likeness (QED) is 0.421. The van der Waals surface area contributed by atoms with Crippen molar-refractivity contribution in [2.45, 2.75) is 36.0 Å². The molecule has 11 nitrogen and oxygen atoms in total. The summed E-state index contributed by atoms with van der Waals surface area (Å²) in [5.41, 5.74) is -0.525. The maximum Gasteiger partial charge on any atom is 0.281 e. The lowest BCUT2D eigenvalue weighted by Crippen LogP contribution is -2.40. The Morgan fingerprint density at radius 1 is 1.05 bits per heavy atom. The Kier molecular flexibility index (Phi) is 8.56. The lowest BCUT2D eigenvalue weighted by Gasteiger charge is -2.26. The van der Waals surface area contributed by atoms with E-state index in [1.807, 2.05) is 6.92 Å². The number of aromatic nitrogens is 2. The molecular weight excluding hydrogens is 526 g/mol. The van der Waals surface area contributed by atoms with Crippen LogP contribution in [-0.4, -0.2) is 74.4 Å². The molecule has 0 bridgehead atoms. The molecule has 39 heavy (non-hydrogen) atoms. The molecule has 0 atom stereocenters. The number of sulfone groups is 1. The van der Waals surface area contributed by atoms with Crippen LogP contribution in [-0.2, 0) is 21.0 Å². The number of methoxy groups -OCH3 is 2. The molecule has 2 heterocycles. The van der Waals surface area contributed by atoms with Crippen molar-refractivity contribution in [2.75, 3.05) is 40.5 Å². The molecule has 1 fully saturated rings. The molecule has 1 N–H and O–H groups in total. The van der Waals surface area contributed by atoms with E-state index in [2.05, 4.69) is 4.98 Å². The summed E-state index contributed by atoms with van der Waals surface area (Å²) >= 11 is 0. The second-order valence-corrected chi connectivity index (χ2v) is 10.8. The van der Waals surface area contributed by atoms with E-state index in [1.165, 1.54) is 38.5 Å². The average Bonchev–Trinajstić information content (AvgIpc) is 2.95. The maximum atomic E-state index is 13.9. The minimum atomic E-state index is -4.55. The highest BCUT2D eigenvalue weighted by Gasteiger charge is 2.32. The second kappa shape index (κ2) is 11.9. The van der Waals surface area contributed by atoms with Crippen LogP contribution in [0.2, 0.25) is 0 Å². The number of hydrogen-bond donors (Lipinski definition) is 1. The van der Waals surface area contributed by atoms with E-state index in [9.17, 15) is 23.1 Å². The van der Waals surface area contributed by atoms with Crippen LogP contribution >= 0.6 is 0 Å². The summed E-state index contributed by atoms with van der Waals surface area (Å²) in [5.74, 6) is -0.470. The molecule has 2 aromatic carbocycles. The number of amides is 1. The van der Waals surface area contributed by atoms with Gasteiger partial charge in [0.1, 0.15) is 23.0 Å². The van der Waals surface area contributed by atoms with Crippen LogP contribution in [0.15, 0.2) is 57.1 Å². The van der Waals surface area contributed by atoms with Crippen molar-refractivity contribution in [1.82, 2.24) is 14.5 Å². The van der Waals surface area contributed by atoms with Gasteiger partial charge < -0.3 is 24.2 Å². The van der Waals surface area contributed by atoms with Gasteiger partial charge in [0.2, 0.25) is 15.7 Å². The summed E-state index contributed by atoms with van der Waals surface area (Å²) < 4.78 is 44.7. The first kappa shape index (κ1) is 28.1. The molecule has 208 valence electrons. The number of nitrogens with zero attached hydrogens (tertiary/aromatic N) is 3. The normalized spacial score (nSPS) is 13.8. The minimum Gasteiger partial charge on any atom is -0.494 e. The van der Waals surface area contributed by atoms with Crippen LogP contribution in [0, 0.1) is 0 Å². The van der Waals surface area contributed by atoms with Gasteiger partial charge in [0.15, 0.2) is 4.90 Å². The second-order valence-electron chi connectivity index (χ2n) is 8.87. The number of para-hydroxylation sites is 1. The first-order chi connectivity index (χ1) is 18.7. The number of carbonyl (C=O) groups excluding carboxylic acids is 1. The minimum absolute atomic E-state index is 0.160. The van der Waals surface area contributed by atoms with Crippen molar-refractivity contribution in [1.29, 1.82) is 0 Å². The smallest absolute Gasteiger partial charge is 0.281 e. The largest absolute Gasteiger partial charge is 0.494 e. The van der Waals surface area contributed by atoms with Crippen LogP contribution in [0.3, 0.4) is 0 Å². The summed E-state index contributed by atoms with van der Waals surface area (Å²) in [6, 6.07) is 10.1. The zero-order valence-electron chi connectivity index (χ0n) is 22.0. The summed E-state index contributed by atoms with van der Waals surface area (Å²) in [5, 5.41) is 10.8. The molecule has 0 spiro atoms. The highest BCUT2D eigenvalue weighted by atomic mass is 32.2. The van der Waals surface area contributed by atoms with Gasteiger partial charge in [-0.3, -0.25) is 14.2 Å². The number of benzene rings is 2. The van der Waals surface area contributed by atoms with E-state index in [0.29, 0.717) is 44.7 Å². The molecule has 0 unspecified atom stereocenters. The summed E-state index contributed by atoms with van der Waals surface area (Å²) in [6.07, 6.45) is 1.70. The van der Waals surface area contributed by atoms with Crippen molar-refractivity contribution < 1.29 is 32.5 Å². The van der Waals surface area contributed by atoms with Crippen molar-refractivity contribution in [3.8, 4) is 23.1 Å². The summed E-state index contributed by atoms with van der Waals surface area (Å²) in [7, 11) is -1.71. The average molecular weight is 558 g/mol. The SMILES string of the molecule is CCCCc1nc(O)c(S(=O)(=O)c2ccc(C(=O)N3CCOCC3)cc2)c(=O)n1-c1c(OC)cccc1OC. The predicted molar refractivity (Wildman–Crippen MR) is 142 cm³/mol. The summed E-state index contributed by atoms with van der Waals surface area (Å²) in [6.45, 7) is 3.70. The van der Waals surface area contributed by atoms with Crippen LogP contribution in [0.5, 0.6) is 17.4 Å². The first-order valence-corrected chi connectivity index (χ1v) is 14.0. The molecule has 12 heteroatoms. The van der Waals surface area contributed by atoms with Crippen LogP contribution in [0.1, 0.15) is 35.9 Å². The number of aromatic hydroxyl groups is 1. The third-order valence-electron chi connectivity index (χ3n) is 6.45. The standard InChI is InChI=1S/C27H31N3O8S/c1-4-5-9-22-28-25(31)24(27(33)30(22)23-20(36-2)7-6-8-21(23)37-3)39(34,35)19-12-10-18(11-13-19)26(32)29-14-16-38-17-15-29/h6-8,10-13,31H,4-5,9,14-17H2,1-3H3. The predicted octanol–water partition coefficient (Wildman–Crippen LogP) is 2.60. The molecule has 1 aliphatic rings. The lowest BCUT2D eigenvalue weighted by molar-refractivity contribution is 0.0303. The number of carbonyl (C=O) groups is 1. The van der Waals surface area contributed by atoms with Crippen molar-refractivity contribution in [3.63, 3.8) is 0 Å². The van der Waals surface area contributed by atoms with Crippen LogP contribution in [0.25, 0.3) is 5.69 Å². The molecule has 3 aromatic rings. The molecule has 0 radical (unpaired) electrons. The Morgan fingerprint density at radius 2 is 1.67 bits per heavy atom. The van der Waals surface area contributed by atoms with Gasteiger partial charge in [-0.2, -0.15) is 4.98 Å². The lowest BCUT2D eigenvalue weighted by atomic mass is 10.2. The van der Waals surface area contributed by atoms with E-state index in [0.717, 1.165) is 11.0 Å². The zero-order valence-corrected chi connectivity index (χ0v) is 22.9. The molecule has 1 amide bonds. The van der Waals surface area contributed by atoms with Gasteiger partial charge in [0.05, 0.1) is 32.3 Å². The van der Waals surface area contributed by atoms with Crippen LogP contribution in [0.4, 0.5) is 0 Å². The Hall–Kier alpha value is -3.90. The Morgan fingerprint density at radius 3 is 2.23 bits per heavy atom. The monoisotopic (exact) mass is 557 g/mol. The molecular formula is C27H31N3O8S. The highest BCUT2D eigenvalue weighted by Crippen LogP contribution is 2.34. The van der Waals surface area contributed by atoms with E-state index >= 15 is 0 Å². The Bertz CT molecular complexity index is 1490. The third kappa shape index (κ3) is 5.48. The fraction of sp³-hybridized carbons (Fsp3) is 0.370. The highest BCUT2D eigenvalue weighted by molar-refractivity contribution is 7.91. The fourth-order valence-corrected chi connectivity index (χ4v) is 5.74. The number of rotatable bonds is 9. The van der Waals surface area contributed by atoms with Crippen LogP contribution < -0.4 is 15.0 Å². The topological polar surface area (TPSA) is 137 Å². The van der Waals surface area contributed by atoms with Gasteiger partial charge in [-0.1, -0.05) is 19.4 Å². The Balaban J connectivity index is 1.85. The first-order valence-electron chi connectivity index (χ1n) is 12.5. The zero-order chi connectivity index (χ0) is 28.2. The van der Waals surface area contributed by atoms with Gasteiger partial charge in [-0.15, -0.1) is 0 Å². The maximum absolute atomic E-state index is 13.9. The van der Waals surface area contributed by atoms with Gasteiger partial charge in [0.25, 0.3) is 11.5 Å². The number of hydrogen-bond acceptors (Lipinski definition) is 9. The van der Waals surface area contributed by atoms with Crippen molar-refractivity contribution >= 4 is 15.7 Å². The van der Waals surface area contributed by atoms with E-state index in [1.54, 1.807) is 23.1 Å².